The Morgan fingerprint density at radius 3 is 2.38 bits per heavy atom. The number of nitrogens with zero attached hydrogens (tertiary/aromatic N) is 1. The Hall–Kier alpha value is -1.71. The van der Waals surface area contributed by atoms with E-state index in [9.17, 15) is 4.79 Å². The van der Waals surface area contributed by atoms with E-state index in [4.69, 9.17) is 11.6 Å². The Bertz CT molecular complexity index is 766. The maximum Gasteiger partial charge on any atom is 0.227 e. The van der Waals surface area contributed by atoms with E-state index in [1.165, 1.54) is 0 Å². The summed E-state index contributed by atoms with van der Waals surface area (Å²) in [5.41, 5.74) is 1.73. The van der Waals surface area contributed by atoms with Gasteiger partial charge in [0.05, 0.1) is 0 Å². The Kier molecular flexibility index (Phi) is 5.10. The molecule has 0 unspecified atom stereocenters. The van der Waals surface area contributed by atoms with E-state index < -0.39 is 0 Å². The van der Waals surface area contributed by atoms with Crippen molar-refractivity contribution < 1.29 is 26.3 Å². The van der Waals surface area contributed by atoms with Gasteiger partial charge in [0.1, 0.15) is 0 Å². The highest BCUT2D eigenvalue weighted by Gasteiger charge is 2.14. The number of para-hydroxylation sites is 1. The predicted octanol–water partition coefficient (Wildman–Crippen LogP) is 0.668. The first-order valence-electron chi connectivity index (χ1n) is 6.40. The minimum atomic E-state index is 0. The van der Waals surface area contributed by atoms with Crippen LogP contribution < -0.4 is 21.5 Å². The molecule has 0 bridgehead atoms. The molecule has 0 N–H and O–H groups in total. The van der Waals surface area contributed by atoms with Crippen LogP contribution in [-0.2, 0) is 6.54 Å². The number of carbonyl (C=O) groups is 1. The van der Waals surface area contributed by atoms with Crippen molar-refractivity contribution in [2.24, 2.45) is 0 Å². The SMILES string of the molecule is O=C(C[n+]1cccc2ccccc21)c1ccc(Cl)cc1.[Br-]. The zero-order chi connectivity index (χ0) is 13.9. The normalized spacial score (nSPS) is 10.1. The van der Waals surface area contributed by atoms with Crippen molar-refractivity contribution in [1.82, 2.24) is 0 Å². The average Bonchev–Trinajstić information content (AvgIpc) is 2.48. The summed E-state index contributed by atoms with van der Waals surface area (Å²) in [5, 5.41) is 1.76. The average molecular weight is 363 g/mol. The smallest absolute Gasteiger partial charge is 0.227 e. The van der Waals surface area contributed by atoms with E-state index >= 15 is 0 Å². The van der Waals surface area contributed by atoms with Crippen LogP contribution in [0.25, 0.3) is 10.9 Å². The predicted molar refractivity (Wildman–Crippen MR) is 79.9 cm³/mol. The second kappa shape index (κ2) is 6.83. The van der Waals surface area contributed by atoms with Gasteiger partial charge in [0.2, 0.25) is 17.8 Å². The summed E-state index contributed by atoms with van der Waals surface area (Å²) in [6.07, 6.45) is 1.93. The molecule has 106 valence electrons. The van der Waals surface area contributed by atoms with Crippen molar-refractivity contribution in [2.75, 3.05) is 0 Å². The van der Waals surface area contributed by atoms with E-state index in [0.717, 1.165) is 10.9 Å². The molecular weight excluding hydrogens is 350 g/mol. The summed E-state index contributed by atoms with van der Waals surface area (Å²) < 4.78 is 1.96. The molecule has 2 nitrogen and oxygen atoms in total. The fourth-order valence-electron chi connectivity index (χ4n) is 2.24. The van der Waals surface area contributed by atoms with E-state index in [2.05, 4.69) is 0 Å². The minimum absolute atomic E-state index is 0. The number of Topliss-reactive ketones (excluding diaryl/α,β-unsaturated/α-hetero) is 1. The molecule has 2 aromatic carbocycles. The van der Waals surface area contributed by atoms with Crippen molar-refractivity contribution in [1.29, 1.82) is 0 Å². The number of fused-ring (bicyclic) bond motifs is 1. The van der Waals surface area contributed by atoms with Crippen LogP contribution in [0.1, 0.15) is 10.4 Å². The quantitative estimate of drug-likeness (QED) is 0.495. The first-order chi connectivity index (χ1) is 9.74. The molecular formula is C17H13BrClNO. The molecule has 0 aliphatic rings. The van der Waals surface area contributed by atoms with Gasteiger partial charge in [-0.05, 0) is 36.4 Å². The zero-order valence-corrected chi connectivity index (χ0v) is 13.5. The van der Waals surface area contributed by atoms with Gasteiger partial charge in [0.15, 0.2) is 6.20 Å². The van der Waals surface area contributed by atoms with Crippen molar-refractivity contribution in [3.05, 3.63) is 77.4 Å². The molecule has 0 saturated heterocycles. The van der Waals surface area contributed by atoms with Gasteiger partial charge in [-0.15, -0.1) is 0 Å². The van der Waals surface area contributed by atoms with Crippen LogP contribution in [-0.4, -0.2) is 5.78 Å². The lowest BCUT2D eigenvalue weighted by molar-refractivity contribution is -0.657. The number of aromatic nitrogens is 1. The number of carbonyl (C=O) groups excluding carboxylic acids is 1. The van der Waals surface area contributed by atoms with Gasteiger partial charge in [0.25, 0.3) is 0 Å². The van der Waals surface area contributed by atoms with Crippen molar-refractivity contribution in [2.45, 2.75) is 6.54 Å². The van der Waals surface area contributed by atoms with Crippen LogP contribution >= 0.6 is 11.6 Å². The molecule has 21 heavy (non-hydrogen) atoms. The van der Waals surface area contributed by atoms with Gasteiger partial charge in [-0.3, -0.25) is 4.79 Å². The number of halogens is 2. The summed E-state index contributed by atoms with van der Waals surface area (Å²) in [7, 11) is 0. The lowest BCUT2D eigenvalue weighted by Gasteiger charge is -2.01. The maximum atomic E-state index is 12.3. The van der Waals surface area contributed by atoms with Gasteiger partial charge in [0, 0.05) is 28.1 Å². The highest BCUT2D eigenvalue weighted by Crippen LogP contribution is 2.11. The molecule has 0 aliphatic heterocycles. The Morgan fingerprint density at radius 1 is 0.952 bits per heavy atom. The lowest BCUT2D eigenvalue weighted by atomic mass is 10.1. The Morgan fingerprint density at radius 2 is 1.62 bits per heavy atom. The minimum Gasteiger partial charge on any atom is -1.00 e. The van der Waals surface area contributed by atoms with E-state index in [1.54, 1.807) is 24.3 Å². The second-order valence-corrected chi connectivity index (χ2v) is 5.06. The van der Waals surface area contributed by atoms with Gasteiger partial charge >= 0.3 is 0 Å². The molecule has 0 amide bonds. The maximum absolute atomic E-state index is 12.3. The first kappa shape index (κ1) is 15.7. The summed E-state index contributed by atoms with van der Waals surface area (Å²) in [6.45, 7) is 0.322. The summed E-state index contributed by atoms with van der Waals surface area (Å²) in [6, 6.07) is 19.0. The number of pyridine rings is 1. The summed E-state index contributed by atoms with van der Waals surface area (Å²) in [4.78, 5) is 12.3. The third-order valence-corrected chi connectivity index (χ3v) is 3.52. The van der Waals surface area contributed by atoms with Gasteiger partial charge in [-0.25, -0.2) is 0 Å². The molecule has 4 heteroatoms. The lowest BCUT2D eigenvalue weighted by Crippen LogP contribution is -3.00. The topological polar surface area (TPSA) is 20.9 Å². The number of hydrogen-bond acceptors (Lipinski definition) is 1. The molecule has 3 aromatic rings. The standard InChI is InChI=1S/C17H13ClNO.BrH/c18-15-9-7-14(8-10-15)17(20)12-19-11-3-5-13-4-1-2-6-16(13)19;/h1-11H,12H2;1H/q+1;/p-1. The van der Waals surface area contributed by atoms with Crippen molar-refractivity contribution in [3.8, 4) is 0 Å². The second-order valence-electron chi connectivity index (χ2n) is 4.62. The largest absolute Gasteiger partial charge is 1.00 e. The van der Waals surface area contributed by atoms with E-state index in [0.29, 0.717) is 17.1 Å². The number of hydrogen-bond donors (Lipinski definition) is 0. The van der Waals surface area contributed by atoms with Crippen LogP contribution in [0.3, 0.4) is 0 Å². The molecule has 0 saturated carbocycles. The molecule has 0 spiro atoms. The molecule has 1 aromatic heterocycles. The number of ketones is 1. The highest BCUT2D eigenvalue weighted by atomic mass is 79.9. The first-order valence-corrected chi connectivity index (χ1v) is 6.78. The Labute approximate surface area is 138 Å². The monoisotopic (exact) mass is 361 g/mol. The Balaban J connectivity index is 0.00000161. The third kappa shape index (κ3) is 3.49. The molecule has 3 rings (SSSR count). The zero-order valence-electron chi connectivity index (χ0n) is 11.2. The van der Waals surface area contributed by atoms with Gasteiger partial charge < -0.3 is 17.0 Å². The van der Waals surface area contributed by atoms with E-state index in [1.807, 2.05) is 47.2 Å². The van der Waals surface area contributed by atoms with Gasteiger partial charge in [-0.1, -0.05) is 23.7 Å². The fourth-order valence-corrected chi connectivity index (χ4v) is 2.37. The van der Waals surface area contributed by atoms with Crippen LogP contribution in [0.5, 0.6) is 0 Å². The van der Waals surface area contributed by atoms with Crippen molar-refractivity contribution in [3.63, 3.8) is 0 Å². The summed E-state index contributed by atoms with van der Waals surface area (Å²) >= 11 is 5.84. The molecule has 0 aliphatic carbocycles. The third-order valence-electron chi connectivity index (χ3n) is 3.27. The fraction of sp³-hybridized carbons (Fsp3) is 0.0588. The van der Waals surface area contributed by atoms with E-state index in [-0.39, 0.29) is 22.8 Å². The number of benzene rings is 2. The molecule has 0 radical (unpaired) electrons. The van der Waals surface area contributed by atoms with Crippen molar-refractivity contribution >= 4 is 28.3 Å². The highest BCUT2D eigenvalue weighted by molar-refractivity contribution is 6.30. The van der Waals surface area contributed by atoms with Crippen LogP contribution in [0.15, 0.2) is 66.9 Å². The number of rotatable bonds is 3. The van der Waals surface area contributed by atoms with Crippen LogP contribution in [0.4, 0.5) is 0 Å². The van der Waals surface area contributed by atoms with Crippen LogP contribution in [0, 0.1) is 0 Å². The summed E-state index contributed by atoms with van der Waals surface area (Å²) in [5.74, 6) is 0.0722. The van der Waals surface area contributed by atoms with Crippen LogP contribution in [0.2, 0.25) is 5.02 Å². The molecule has 0 atom stereocenters. The van der Waals surface area contributed by atoms with Gasteiger partial charge in [-0.2, -0.15) is 4.57 Å². The molecule has 0 fully saturated rings. The molecule has 1 heterocycles.